The summed E-state index contributed by atoms with van der Waals surface area (Å²) in [6.07, 6.45) is 2.97. The highest BCUT2D eigenvalue weighted by atomic mass is 19.1. The minimum Gasteiger partial charge on any atom is -0.497 e. The molecule has 0 aliphatic carbocycles. The molecule has 1 saturated heterocycles. The van der Waals surface area contributed by atoms with Gasteiger partial charge in [-0.2, -0.15) is 0 Å². The molecule has 20 heavy (non-hydrogen) atoms. The molecule has 1 heterocycles. The fourth-order valence-electron chi connectivity index (χ4n) is 2.84. The molecule has 2 unspecified atom stereocenters. The summed E-state index contributed by atoms with van der Waals surface area (Å²) in [4.78, 5) is 0. The molecule has 0 amide bonds. The van der Waals surface area contributed by atoms with Crippen molar-refractivity contribution in [3.05, 3.63) is 29.6 Å². The molecule has 1 N–H and O–H groups in total. The second kappa shape index (κ2) is 6.55. The number of benzene rings is 1. The van der Waals surface area contributed by atoms with Gasteiger partial charge < -0.3 is 14.8 Å². The van der Waals surface area contributed by atoms with Crippen LogP contribution in [0.3, 0.4) is 0 Å². The van der Waals surface area contributed by atoms with Gasteiger partial charge in [0.1, 0.15) is 11.6 Å². The van der Waals surface area contributed by atoms with Gasteiger partial charge in [-0.3, -0.25) is 0 Å². The van der Waals surface area contributed by atoms with Gasteiger partial charge in [-0.1, -0.05) is 13.0 Å². The lowest BCUT2D eigenvalue weighted by molar-refractivity contribution is -0.0134. The van der Waals surface area contributed by atoms with Crippen molar-refractivity contribution >= 4 is 0 Å². The molecule has 1 fully saturated rings. The lowest BCUT2D eigenvalue weighted by Crippen LogP contribution is -2.42. The van der Waals surface area contributed by atoms with E-state index in [9.17, 15) is 4.39 Å². The molecular weight excluding hydrogens is 257 g/mol. The molecular formula is C16H24FNO2. The van der Waals surface area contributed by atoms with E-state index in [4.69, 9.17) is 9.47 Å². The first-order valence-electron chi connectivity index (χ1n) is 7.31. The van der Waals surface area contributed by atoms with Gasteiger partial charge >= 0.3 is 0 Å². The average molecular weight is 281 g/mol. The normalized spacial score (nSPS) is 23.8. The predicted molar refractivity (Wildman–Crippen MR) is 77.6 cm³/mol. The van der Waals surface area contributed by atoms with Crippen molar-refractivity contribution < 1.29 is 13.9 Å². The SMILES string of the molecule is CCCNC(c1ccc(OC)cc1F)C1(C)CCCO1. The molecule has 1 aromatic carbocycles. The van der Waals surface area contributed by atoms with Gasteiger partial charge in [0, 0.05) is 18.2 Å². The molecule has 0 spiro atoms. The number of hydrogen-bond donors (Lipinski definition) is 1. The topological polar surface area (TPSA) is 30.5 Å². The number of rotatable bonds is 6. The quantitative estimate of drug-likeness (QED) is 0.866. The van der Waals surface area contributed by atoms with Gasteiger partial charge in [-0.05, 0) is 38.8 Å². The van der Waals surface area contributed by atoms with Crippen molar-refractivity contribution in [3.8, 4) is 5.75 Å². The first-order valence-corrected chi connectivity index (χ1v) is 7.31. The van der Waals surface area contributed by atoms with Crippen LogP contribution in [0.15, 0.2) is 18.2 Å². The second-order valence-corrected chi connectivity index (χ2v) is 5.54. The summed E-state index contributed by atoms with van der Waals surface area (Å²) >= 11 is 0. The van der Waals surface area contributed by atoms with Crippen LogP contribution in [0.1, 0.15) is 44.7 Å². The number of hydrogen-bond acceptors (Lipinski definition) is 3. The Morgan fingerprint density at radius 2 is 2.30 bits per heavy atom. The molecule has 0 aromatic heterocycles. The van der Waals surface area contributed by atoms with Crippen LogP contribution in [-0.4, -0.2) is 25.9 Å². The Bertz CT molecular complexity index is 444. The van der Waals surface area contributed by atoms with E-state index in [0.717, 1.165) is 32.4 Å². The molecule has 112 valence electrons. The van der Waals surface area contributed by atoms with E-state index in [0.29, 0.717) is 11.3 Å². The molecule has 1 aliphatic rings. The van der Waals surface area contributed by atoms with Crippen molar-refractivity contribution in [2.24, 2.45) is 0 Å². The monoisotopic (exact) mass is 281 g/mol. The maximum atomic E-state index is 14.4. The van der Waals surface area contributed by atoms with Crippen molar-refractivity contribution in [2.75, 3.05) is 20.3 Å². The first kappa shape index (κ1) is 15.3. The molecule has 0 radical (unpaired) electrons. The lowest BCUT2D eigenvalue weighted by Gasteiger charge is -2.34. The fourth-order valence-corrected chi connectivity index (χ4v) is 2.84. The summed E-state index contributed by atoms with van der Waals surface area (Å²) in [6, 6.07) is 4.91. The smallest absolute Gasteiger partial charge is 0.131 e. The molecule has 0 bridgehead atoms. The van der Waals surface area contributed by atoms with Crippen LogP contribution in [0.5, 0.6) is 5.75 Å². The van der Waals surface area contributed by atoms with Gasteiger partial charge in [-0.25, -0.2) is 4.39 Å². The minimum atomic E-state index is -0.343. The van der Waals surface area contributed by atoms with Crippen molar-refractivity contribution in [3.63, 3.8) is 0 Å². The Kier molecular flexibility index (Phi) is 5.00. The Hall–Kier alpha value is -1.13. The Morgan fingerprint density at radius 3 is 2.85 bits per heavy atom. The van der Waals surface area contributed by atoms with Gasteiger partial charge in [-0.15, -0.1) is 0 Å². The molecule has 2 atom stereocenters. The van der Waals surface area contributed by atoms with Crippen molar-refractivity contribution in [1.82, 2.24) is 5.32 Å². The summed E-state index contributed by atoms with van der Waals surface area (Å²) in [6.45, 7) is 5.76. The fraction of sp³-hybridized carbons (Fsp3) is 0.625. The molecule has 2 rings (SSSR count). The zero-order chi connectivity index (χ0) is 14.6. The zero-order valence-electron chi connectivity index (χ0n) is 12.5. The zero-order valence-corrected chi connectivity index (χ0v) is 12.5. The molecule has 1 aliphatic heterocycles. The third-order valence-corrected chi connectivity index (χ3v) is 3.98. The van der Waals surface area contributed by atoms with Crippen LogP contribution in [0.25, 0.3) is 0 Å². The Labute approximate surface area is 120 Å². The molecule has 0 saturated carbocycles. The van der Waals surface area contributed by atoms with Crippen LogP contribution >= 0.6 is 0 Å². The Balaban J connectivity index is 2.30. The van der Waals surface area contributed by atoms with Gasteiger partial charge in [0.15, 0.2) is 0 Å². The minimum absolute atomic E-state index is 0.129. The highest BCUT2D eigenvalue weighted by molar-refractivity contribution is 5.32. The molecule has 4 heteroatoms. The van der Waals surface area contributed by atoms with Crippen molar-refractivity contribution in [2.45, 2.75) is 44.8 Å². The van der Waals surface area contributed by atoms with E-state index in [1.807, 2.05) is 0 Å². The summed E-state index contributed by atoms with van der Waals surface area (Å²) < 4.78 is 25.3. The summed E-state index contributed by atoms with van der Waals surface area (Å²) in [7, 11) is 1.54. The summed E-state index contributed by atoms with van der Waals surface area (Å²) in [5, 5.41) is 3.44. The summed E-state index contributed by atoms with van der Waals surface area (Å²) in [5.41, 5.74) is 0.313. The number of methoxy groups -OCH3 is 1. The van der Waals surface area contributed by atoms with E-state index in [2.05, 4.69) is 19.2 Å². The maximum absolute atomic E-state index is 14.4. The van der Waals surface area contributed by atoms with Gasteiger partial charge in [0.05, 0.1) is 18.8 Å². The van der Waals surface area contributed by atoms with Crippen LogP contribution in [0, 0.1) is 5.82 Å². The van der Waals surface area contributed by atoms with E-state index < -0.39 is 0 Å². The number of ether oxygens (including phenoxy) is 2. The largest absolute Gasteiger partial charge is 0.497 e. The highest BCUT2D eigenvalue weighted by Gasteiger charge is 2.40. The maximum Gasteiger partial charge on any atom is 0.131 e. The predicted octanol–water partition coefficient (Wildman–Crippen LogP) is 3.44. The highest BCUT2D eigenvalue weighted by Crippen LogP contribution is 2.38. The third-order valence-electron chi connectivity index (χ3n) is 3.98. The molecule has 3 nitrogen and oxygen atoms in total. The standard InChI is InChI=1S/C16H24FNO2/c1-4-9-18-15(16(2)8-5-10-20-16)13-7-6-12(19-3)11-14(13)17/h6-7,11,15,18H,4-5,8-10H2,1-3H3. The van der Waals surface area contributed by atoms with Crippen molar-refractivity contribution in [1.29, 1.82) is 0 Å². The van der Waals surface area contributed by atoms with E-state index in [1.165, 1.54) is 6.07 Å². The van der Waals surface area contributed by atoms with Crippen LogP contribution in [-0.2, 0) is 4.74 Å². The average Bonchev–Trinajstić information content (AvgIpc) is 2.88. The lowest BCUT2D eigenvalue weighted by atomic mass is 9.87. The molecule has 1 aromatic rings. The van der Waals surface area contributed by atoms with E-state index in [1.54, 1.807) is 19.2 Å². The van der Waals surface area contributed by atoms with E-state index >= 15 is 0 Å². The number of nitrogens with one attached hydrogen (secondary N) is 1. The van der Waals surface area contributed by atoms with E-state index in [-0.39, 0.29) is 17.5 Å². The van der Waals surface area contributed by atoms with Crippen LogP contribution < -0.4 is 10.1 Å². The first-order chi connectivity index (χ1) is 9.60. The second-order valence-electron chi connectivity index (χ2n) is 5.54. The third kappa shape index (κ3) is 3.13. The van der Waals surface area contributed by atoms with Gasteiger partial charge in [0.2, 0.25) is 0 Å². The number of halogens is 1. The van der Waals surface area contributed by atoms with Crippen LogP contribution in [0.4, 0.5) is 4.39 Å². The van der Waals surface area contributed by atoms with Gasteiger partial charge in [0.25, 0.3) is 0 Å². The Morgan fingerprint density at radius 1 is 1.50 bits per heavy atom. The van der Waals surface area contributed by atoms with Crippen LogP contribution in [0.2, 0.25) is 0 Å². The summed E-state index contributed by atoms with van der Waals surface area (Å²) in [5.74, 6) is 0.299.